The van der Waals surface area contributed by atoms with Gasteiger partial charge in [0.15, 0.2) is 0 Å². The standard InChI is InChI=1S/C9H6ClIN4O/c10-7-13-8(12)15-9(14-7)16-6-3-1-2-5(11)4-6/h1-4H,(H2,12,13,14,15). The zero-order valence-corrected chi connectivity index (χ0v) is 10.8. The fourth-order valence-corrected chi connectivity index (χ4v) is 1.70. The third-order valence-electron chi connectivity index (χ3n) is 1.61. The van der Waals surface area contributed by atoms with Gasteiger partial charge >= 0.3 is 6.01 Å². The molecule has 0 saturated carbocycles. The highest BCUT2D eigenvalue weighted by molar-refractivity contribution is 14.1. The van der Waals surface area contributed by atoms with E-state index >= 15 is 0 Å². The van der Waals surface area contributed by atoms with Crippen molar-refractivity contribution in [2.75, 3.05) is 5.73 Å². The van der Waals surface area contributed by atoms with Gasteiger partial charge in [-0.05, 0) is 52.4 Å². The average molecular weight is 349 g/mol. The van der Waals surface area contributed by atoms with Crippen LogP contribution in [0.4, 0.5) is 5.95 Å². The van der Waals surface area contributed by atoms with Gasteiger partial charge in [-0.2, -0.15) is 15.0 Å². The number of nitrogens with two attached hydrogens (primary N) is 1. The van der Waals surface area contributed by atoms with E-state index in [0.717, 1.165) is 3.57 Å². The largest absolute Gasteiger partial charge is 0.424 e. The maximum atomic E-state index is 5.62. The molecule has 16 heavy (non-hydrogen) atoms. The molecule has 2 rings (SSSR count). The third-order valence-corrected chi connectivity index (χ3v) is 2.45. The van der Waals surface area contributed by atoms with E-state index in [0.29, 0.717) is 5.75 Å². The van der Waals surface area contributed by atoms with Crippen LogP contribution in [-0.2, 0) is 0 Å². The van der Waals surface area contributed by atoms with Gasteiger partial charge in [0.05, 0.1) is 0 Å². The van der Waals surface area contributed by atoms with Crippen molar-refractivity contribution in [1.82, 2.24) is 15.0 Å². The van der Waals surface area contributed by atoms with Crippen molar-refractivity contribution in [3.8, 4) is 11.8 Å². The lowest BCUT2D eigenvalue weighted by molar-refractivity contribution is 0.440. The highest BCUT2D eigenvalue weighted by atomic mass is 127. The molecule has 0 aliphatic heterocycles. The van der Waals surface area contributed by atoms with Crippen molar-refractivity contribution in [2.45, 2.75) is 0 Å². The molecule has 0 spiro atoms. The summed E-state index contributed by atoms with van der Waals surface area (Å²) in [7, 11) is 0. The van der Waals surface area contributed by atoms with E-state index in [1.807, 2.05) is 18.2 Å². The van der Waals surface area contributed by atoms with Crippen LogP contribution in [0.5, 0.6) is 11.8 Å². The summed E-state index contributed by atoms with van der Waals surface area (Å²) in [5, 5.41) is 0.00753. The Labute approximate surface area is 110 Å². The summed E-state index contributed by atoms with van der Waals surface area (Å²) in [6, 6.07) is 7.52. The number of aromatic nitrogens is 3. The number of rotatable bonds is 2. The minimum atomic E-state index is 0.00753. The molecule has 0 amide bonds. The summed E-state index contributed by atoms with van der Waals surface area (Å²) >= 11 is 7.80. The van der Waals surface area contributed by atoms with Crippen LogP contribution in [0, 0.1) is 3.57 Å². The molecule has 1 heterocycles. The molecule has 0 aliphatic rings. The summed E-state index contributed by atoms with van der Waals surface area (Å²) in [4.78, 5) is 11.2. The number of nitrogens with zero attached hydrogens (tertiary/aromatic N) is 3. The Morgan fingerprint density at radius 3 is 2.75 bits per heavy atom. The van der Waals surface area contributed by atoms with Crippen LogP contribution in [0.2, 0.25) is 5.28 Å². The molecule has 1 aromatic heterocycles. The third kappa shape index (κ3) is 2.92. The van der Waals surface area contributed by atoms with Gasteiger partial charge in [-0.15, -0.1) is 0 Å². The first-order valence-electron chi connectivity index (χ1n) is 4.24. The van der Waals surface area contributed by atoms with Crippen molar-refractivity contribution in [2.24, 2.45) is 0 Å². The summed E-state index contributed by atoms with van der Waals surface area (Å²) < 4.78 is 6.43. The second kappa shape index (κ2) is 4.79. The van der Waals surface area contributed by atoms with Gasteiger partial charge in [-0.3, -0.25) is 0 Å². The summed E-state index contributed by atoms with van der Waals surface area (Å²) in [6.07, 6.45) is 0. The Hall–Kier alpha value is -1.15. The van der Waals surface area contributed by atoms with Crippen molar-refractivity contribution in [3.05, 3.63) is 33.1 Å². The van der Waals surface area contributed by atoms with Crippen LogP contribution in [0.3, 0.4) is 0 Å². The quantitative estimate of drug-likeness (QED) is 0.844. The number of anilines is 1. The van der Waals surface area contributed by atoms with Crippen molar-refractivity contribution < 1.29 is 4.74 Å². The summed E-state index contributed by atoms with van der Waals surface area (Å²) in [6.45, 7) is 0. The Kier molecular flexibility index (Phi) is 3.39. The van der Waals surface area contributed by atoms with Crippen molar-refractivity contribution in [3.63, 3.8) is 0 Å². The van der Waals surface area contributed by atoms with E-state index in [9.17, 15) is 0 Å². The van der Waals surface area contributed by atoms with E-state index < -0.39 is 0 Å². The first-order chi connectivity index (χ1) is 7.63. The number of halogens is 2. The number of benzene rings is 1. The lowest BCUT2D eigenvalue weighted by Crippen LogP contribution is -2.00. The van der Waals surface area contributed by atoms with Crippen LogP contribution in [0.1, 0.15) is 0 Å². The van der Waals surface area contributed by atoms with Gasteiger partial charge in [0.2, 0.25) is 11.2 Å². The predicted molar refractivity (Wildman–Crippen MR) is 68.5 cm³/mol. The van der Waals surface area contributed by atoms with Crippen LogP contribution in [0.25, 0.3) is 0 Å². The number of nitrogen functional groups attached to an aromatic ring is 1. The van der Waals surface area contributed by atoms with Gasteiger partial charge < -0.3 is 10.5 Å². The molecule has 0 saturated heterocycles. The van der Waals surface area contributed by atoms with Gasteiger partial charge in [0.1, 0.15) is 5.75 Å². The van der Waals surface area contributed by atoms with Crippen molar-refractivity contribution in [1.29, 1.82) is 0 Å². The zero-order chi connectivity index (χ0) is 11.5. The van der Waals surface area contributed by atoms with E-state index in [1.165, 1.54) is 0 Å². The molecule has 2 aromatic rings. The normalized spacial score (nSPS) is 10.1. The zero-order valence-electron chi connectivity index (χ0n) is 7.89. The van der Waals surface area contributed by atoms with Crippen LogP contribution >= 0.6 is 34.2 Å². The highest BCUT2D eigenvalue weighted by Crippen LogP contribution is 2.20. The molecule has 0 atom stereocenters. The Bertz CT molecular complexity index is 502. The topological polar surface area (TPSA) is 73.9 Å². The summed E-state index contributed by atoms with van der Waals surface area (Å²) in [5.74, 6) is 0.647. The Balaban J connectivity index is 2.27. The number of hydrogen-bond donors (Lipinski definition) is 1. The highest BCUT2D eigenvalue weighted by Gasteiger charge is 2.05. The maximum Gasteiger partial charge on any atom is 0.328 e. The molecule has 0 fully saturated rings. The van der Waals surface area contributed by atoms with Gasteiger partial charge in [0.25, 0.3) is 0 Å². The van der Waals surface area contributed by atoms with Crippen LogP contribution in [0.15, 0.2) is 24.3 Å². The van der Waals surface area contributed by atoms with E-state index in [2.05, 4.69) is 37.5 Å². The smallest absolute Gasteiger partial charge is 0.328 e. The SMILES string of the molecule is Nc1nc(Cl)nc(Oc2cccc(I)c2)n1. The maximum absolute atomic E-state index is 5.62. The van der Waals surface area contributed by atoms with E-state index in [1.54, 1.807) is 6.07 Å². The van der Waals surface area contributed by atoms with E-state index in [4.69, 9.17) is 22.1 Å². The van der Waals surface area contributed by atoms with Crippen LogP contribution < -0.4 is 10.5 Å². The lowest BCUT2D eigenvalue weighted by atomic mass is 10.3. The minimum absolute atomic E-state index is 0.00753. The molecule has 1 aromatic carbocycles. The minimum Gasteiger partial charge on any atom is -0.424 e. The molecule has 5 nitrogen and oxygen atoms in total. The fraction of sp³-hybridized carbons (Fsp3) is 0. The molecule has 0 unspecified atom stereocenters. The molecular formula is C9H6ClIN4O. The molecular weight excluding hydrogens is 342 g/mol. The first kappa shape index (κ1) is 11.3. The Morgan fingerprint density at radius 2 is 2.06 bits per heavy atom. The number of hydrogen-bond acceptors (Lipinski definition) is 5. The number of ether oxygens (including phenoxy) is 1. The average Bonchev–Trinajstić information content (AvgIpc) is 2.15. The molecule has 82 valence electrons. The van der Waals surface area contributed by atoms with Gasteiger partial charge in [-0.25, -0.2) is 0 Å². The summed E-state index contributed by atoms with van der Waals surface area (Å²) in [5.41, 5.74) is 5.41. The van der Waals surface area contributed by atoms with Gasteiger partial charge in [-0.1, -0.05) is 6.07 Å². The first-order valence-corrected chi connectivity index (χ1v) is 5.69. The molecule has 0 bridgehead atoms. The Morgan fingerprint density at radius 1 is 1.25 bits per heavy atom. The molecule has 0 aliphatic carbocycles. The monoisotopic (exact) mass is 348 g/mol. The molecule has 0 radical (unpaired) electrons. The lowest BCUT2D eigenvalue weighted by Gasteiger charge is -2.04. The van der Waals surface area contributed by atoms with Crippen molar-refractivity contribution >= 4 is 40.1 Å². The van der Waals surface area contributed by atoms with E-state index in [-0.39, 0.29) is 17.2 Å². The second-order valence-electron chi connectivity index (χ2n) is 2.80. The van der Waals surface area contributed by atoms with Crippen LogP contribution in [-0.4, -0.2) is 15.0 Å². The van der Waals surface area contributed by atoms with Gasteiger partial charge in [0, 0.05) is 3.57 Å². The second-order valence-corrected chi connectivity index (χ2v) is 4.39. The predicted octanol–water partition coefficient (Wildman–Crippen LogP) is 2.50. The molecule has 2 N–H and O–H groups in total. The fourth-order valence-electron chi connectivity index (χ4n) is 1.03. The molecule has 7 heteroatoms.